The Bertz CT molecular complexity index is 2570. The predicted octanol–water partition coefficient (Wildman–Crippen LogP) is 6.74. The molecule has 14 nitrogen and oxygen atoms in total. The third kappa shape index (κ3) is 7.76. The number of methoxy groups -OCH3 is 2. The number of piperidine rings is 1. The topological polar surface area (TPSA) is 178 Å². The zero-order valence-electron chi connectivity index (χ0n) is 33.5. The van der Waals surface area contributed by atoms with Gasteiger partial charge in [-0.25, -0.2) is 14.8 Å². The molecule has 0 saturated carbocycles. The first-order chi connectivity index (χ1) is 29.3. The number of imidazole rings is 2. The van der Waals surface area contributed by atoms with Crippen molar-refractivity contribution in [3.05, 3.63) is 119 Å². The zero-order valence-corrected chi connectivity index (χ0v) is 33.5. The molecule has 0 spiro atoms. The molecule has 3 aliphatic heterocycles. The molecule has 2 aromatic heterocycles. The van der Waals surface area contributed by atoms with E-state index in [4.69, 9.17) is 19.4 Å². The van der Waals surface area contributed by atoms with Crippen molar-refractivity contribution in [2.45, 2.75) is 75.1 Å². The van der Waals surface area contributed by atoms with Crippen LogP contribution in [0, 0.1) is 0 Å². The highest BCUT2D eigenvalue weighted by Crippen LogP contribution is 2.41. The van der Waals surface area contributed by atoms with E-state index in [1.54, 1.807) is 4.90 Å². The van der Waals surface area contributed by atoms with E-state index in [1.807, 2.05) is 53.6 Å². The van der Waals surface area contributed by atoms with Crippen LogP contribution in [0.5, 0.6) is 0 Å². The van der Waals surface area contributed by atoms with Gasteiger partial charge in [0.25, 0.3) is 5.91 Å². The number of nitrogens with zero attached hydrogens (tertiary/aromatic N) is 4. The number of carbonyl (C=O) groups excluding carboxylic acids is 3. The van der Waals surface area contributed by atoms with Gasteiger partial charge in [0, 0.05) is 25.3 Å². The number of H-pyrrole nitrogens is 2. The summed E-state index contributed by atoms with van der Waals surface area (Å²) >= 11 is 0. The van der Waals surface area contributed by atoms with Gasteiger partial charge in [-0.15, -0.1) is 0 Å². The van der Waals surface area contributed by atoms with Gasteiger partial charge in [0.1, 0.15) is 17.7 Å². The number of alkyl carbamates (subject to hydrolysis) is 1. The molecule has 3 fully saturated rings. The highest BCUT2D eigenvalue weighted by atomic mass is 16.6. The summed E-state index contributed by atoms with van der Waals surface area (Å²) < 4.78 is 9.77. The Balaban J connectivity index is 0.876. The summed E-state index contributed by atoms with van der Waals surface area (Å²) in [6.07, 6.45) is 9.04. The minimum atomic E-state index is -1.18. The van der Waals surface area contributed by atoms with Crippen LogP contribution in [0.4, 0.5) is 4.79 Å². The average molecular weight is 809 g/mol. The second kappa shape index (κ2) is 16.7. The number of amides is 3. The number of rotatable bonds is 11. The van der Waals surface area contributed by atoms with Crippen molar-refractivity contribution in [3.8, 4) is 11.3 Å². The maximum absolute atomic E-state index is 13.9. The Morgan fingerprint density at radius 1 is 0.867 bits per heavy atom. The van der Waals surface area contributed by atoms with E-state index >= 15 is 0 Å². The number of hydrogen-bond donors (Lipinski definition) is 5. The third-order valence-electron chi connectivity index (χ3n) is 12.2. The molecule has 6 atom stereocenters. The highest BCUT2D eigenvalue weighted by molar-refractivity contribution is 5.90. The Kier molecular flexibility index (Phi) is 10.9. The van der Waals surface area contributed by atoms with Crippen LogP contribution in [0.15, 0.2) is 91.1 Å². The van der Waals surface area contributed by atoms with Crippen molar-refractivity contribution < 1.29 is 29.0 Å². The molecular weight excluding hydrogens is 761 g/mol. The lowest BCUT2D eigenvalue weighted by atomic mass is 9.98. The van der Waals surface area contributed by atoms with Crippen LogP contribution in [0.3, 0.4) is 0 Å². The van der Waals surface area contributed by atoms with Crippen molar-refractivity contribution >= 4 is 51.9 Å². The molecule has 14 heteroatoms. The van der Waals surface area contributed by atoms with Crippen molar-refractivity contribution in [2.75, 3.05) is 20.8 Å². The summed E-state index contributed by atoms with van der Waals surface area (Å²) in [5.41, 5.74) is 6.35. The minimum absolute atomic E-state index is 0.0268. The maximum Gasteiger partial charge on any atom is 0.407 e. The van der Waals surface area contributed by atoms with Crippen molar-refractivity contribution in [1.82, 2.24) is 40.4 Å². The van der Waals surface area contributed by atoms with Crippen LogP contribution in [0.2, 0.25) is 0 Å². The molecule has 308 valence electrons. The van der Waals surface area contributed by atoms with Crippen molar-refractivity contribution in [2.24, 2.45) is 0 Å². The molecule has 9 rings (SSSR count). The second-order valence-electron chi connectivity index (χ2n) is 15.8. The number of aliphatic hydroxyl groups excluding tert-OH is 1. The molecule has 5 N–H and O–H groups in total. The summed E-state index contributed by atoms with van der Waals surface area (Å²) in [6, 6.07) is 26.4. The first kappa shape index (κ1) is 39.1. The number of fused-ring (bicyclic) bond motifs is 3. The van der Waals surface area contributed by atoms with Gasteiger partial charge in [-0.05, 0) is 90.3 Å². The fraction of sp³-hybridized carbons (Fsp3) is 0.326. The Morgan fingerprint density at radius 3 is 2.45 bits per heavy atom. The van der Waals surface area contributed by atoms with E-state index in [0.717, 1.165) is 87.9 Å². The summed E-state index contributed by atoms with van der Waals surface area (Å²) in [6.45, 7) is 0.559. The van der Waals surface area contributed by atoms with E-state index in [1.165, 1.54) is 14.2 Å². The molecule has 6 unspecified atom stereocenters. The number of nitrogens with one attached hydrogen (secondary N) is 4. The third-order valence-corrected chi connectivity index (χ3v) is 12.2. The lowest BCUT2D eigenvalue weighted by Gasteiger charge is -2.38. The molecule has 3 saturated heterocycles. The molecule has 0 bridgehead atoms. The summed E-state index contributed by atoms with van der Waals surface area (Å²) in [5, 5.41) is 17.7. The smallest absolute Gasteiger partial charge is 0.407 e. The van der Waals surface area contributed by atoms with Crippen LogP contribution in [-0.4, -0.2) is 92.0 Å². The molecule has 3 aliphatic rings. The van der Waals surface area contributed by atoms with Gasteiger partial charge in [-0.1, -0.05) is 72.8 Å². The monoisotopic (exact) mass is 808 g/mol. The van der Waals surface area contributed by atoms with E-state index in [9.17, 15) is 19.5 Å². The van der Waals surface area contributed by atoms with Crippen LogP contribution in [0.1, 0.15) is 85.0 Å². The fourth-order valence-corrected chi connectivity index (χ4v) is 9.11. The molecule has 0 aliphatic carbocycles. The average Bonchev–Trinajstić information content (AvgIpc) is 4.11. The van der Waals surface area contributed by atoms with E-state index in [0.29, 0.717) is 18.5 Å². The predicted molar refractivity (Wildman–Crippen MR) is 227 cm³/mol. The van der Waals surface area contributed by atoms with Crippen LogP contribution in [-0.2, 0) is 19.1 Å². The van der Waals surface area contributed by atoms with Crippen LogP contribution < -0.4 is 10.6 Å². The number of benzene rings is 4. The van der Waals surface area contributed by atoms with E-state index in [-0.39, 0.29) is 29.9 Å². The Hall–Kier alpha value is -6.35. The van der Waals surface area contributed by atoms with Crippen molar-refractivity contribution in [1.29, 1.82) is 0 Å². The van der Waals surface area contributed by atoms with Crippen LogP contribution in [0.25, 0.3) is 45.2 Å². The normalized spacial score (nSPS) is 21.5. The number of aromatic nitrogens is 4. The SMILES string of the molecule is COC(=O)NC(C(=O)N1CCCC1c1nc2ccc(/C=C/c3ccc4cc(-c5cnc(C6CCC7CCC(NC(O)OC)C(=O)N76)[nH]5)ccc4c3)cc2[nH]1)c1ccccc1. The highest BCUT2D eigenvalue weighted by Gasteiger charge is 2.45. The second-order valence-corrected chi connectivity index (χ2v) is 15.8. The Morgan fingerprint density at radius 2 is 1.63 bits per heavy atom. The number of ether oxygens (including phenoxy) is 2. The van der Waals surface area contributed by atoms with Gasteiger partial charge in [0.05, 0.1) is 48.2 Å². The largest absolute Gasteiger partial charge is 0.453 e. The fourth-order valence-electron chi connectivity index (χ4n) is 9.11. The first-order valence-electron chi connectivity index (χ1n) is 20.5. The number of aromatic amines is 2. The molecule has 60 heavy (non-hydrogen) atoms. The summed E-state index contributed by atoms with van der Waals surface area (Å²) in [7, 11) is 2.68. The van der Waals surface area contributed by atoms with Gasteiger partial charge in [0.15, 0.2) is 0 Å². The number of hydrogen-bond acceptors (Lipinski definition) is 9. The lowest BCUT2D eigenvalue weighted by molar-refractivity contribution is -0.148. The standard InChI is InChI=1S/C46H48N8O6/c1-59-45(57)51-35-20-17-33-18-21-39(54(33)43(35)55)41-47-26-37(50-41)32-16-15-30-23-27(12-14-31(30)25-32)10-11-28-13-19-34-36(24-28)49-42(48-34)38-9-6-22-53(38)44(56)40(52-46(58)60-2)29-7-4-3-5-8-29/h3-5,7-8,10-16,19,23-26,33,35,38-40,45,51,57H,6,9,17-18,20-22H2,1-2H3,(H,47,50)(H,48,49)(H,52,58)/b11-10+. The number of carbonyl (C=O) groups is 3. The lowest BCUT2D eigenvalue weighted by Crippen LogP contribution is -2.55. The Labute approximate surface area is 347 Å². The molecule has 0 radical (unpaired) electrons. The number of aliphatic hydroxyl groups is 1. The zero-order chi connectivity index (χ0) is 41.3. The molecular formula is C46H48N8O6. The van der Waals surface area contributed by atoms with E-state index in [2.05, 4.69) is 75.2 Å². The van der Waals surface area contributed by atoms with Crippen molar-refractivity contribution in [3.63, 3.8) is 0 Å². The number of likely N-dealkylation sites (tertiary alicyclic amines) is 1. The summed E-state index contributed by atoms with van der Waals surface area (Å²) in [4.78, 5) is 60.0. The first-order valence-corrected chi connectivity index (χ1v) is 20.5. The molecule has 5 heterocycles. The van der Waals surface area contributed by atoms with Gasteiger partial charge < -0.3 is 39.7 Å². The molecule has 6 aromatic rings. The quantitative estimate of drug-likeness (QED) is 0.0701. The van der Waals surface area contributed by atoms with Gasteiger partial charge in [-0.3, -0.25) is 14.9 Å². The van der Waals surface area contributed by atoms with Crippen LogP contribution >= 0.6 is 0 Å². The van der Waals surface area contributed by atoms with Gasteiger partial charge >= 0.3 is 6.09 Å². The molecule has 3 amide bonds. The summed E-state index contributed by atoms with van der Waals surface area (Å²) in [5.74, 6) is 1.26. The minimum Gasteiger partial charge on any atom is -0.453 e. The van der Waals surface area contributed by atoms with Gasteiger partial charge in [0.2, 0.25) is 12.3 Å². The van der Waals surface area contributed by atoms with Gasteiger partial charge in [-0.2, -0.15) is 0 Å². The van der Waals surface area contributed by atoms with E-state index < -0.39 is 24.6 Å². The maximum atomic E-state index is 13.9. The molecule has 4 aromatic carbocycles.